The minimum atomic E-state index is -0.0602. The van der Waals surface area contributed by atoms with Crippen LogP contribution in [0.2, 0.25) is 0 Å². The summed E-state index contributed by atoms with van der Waals surface area (Å²) in [5.74, 6) is 5.12. The lowest BCUT2D eigenvalue weighted by atomic mass is 10.0. The Labute approximate surface area is 110 Å². The molecular weight excluding hydrogens is 228 g/mol. The van der Waals surface area contributed by atoms with E-state index in [9.17, 15) is 4.79 Å². The maximum atomic E-state index is 11.6. The number of hydrogen-bond donors (Lipinski definition) is 2. The monoisotopic (exact) mass is 254 g/mol. The van der Waals surface area contributed by atoms with Crippen molar-refractivity contribution in [2.75, 3.05) is 26.2 Å². The van der Waals surface area contributed by atoms with Crippen molar-refractivity contribution in [2.45, 2.75) is 45.2 Å². The second kappa shape index (κ2) is 5.99. The van der Waals surface area contributed by atoms with Crippen molar-refractivity contribution in [3.05, 3.63) is 0 Å². The minimum absolute atomic E-state index is 0.0528. The molecule has 0 aliphatic carbocycles. The van der Waals surface area contributed by atoms with Crippen LogP contribution in [0.1, 0.15) is 33.1 Å². The smallest absolute Gasteiger partial charge is 0.238 e. The highest BCUT2D eigenvalue weighted by Gasteiger charge is 2.33. The molecule has 5 nitrogen and oxygen atoms in total. The molecule has 3 unspecified atom stereocenters. The Morgan fingerprint density at radius 3 is 2.72 bits per heavy atom. The summed E-state index contributed by atoms with van der Waals surface area (Å²) in [5, 5.41) is 0. The van der Waals surface area contributed by atoms with Crippen molar-refractivity contribution in [2.24, 2.45) is 11.8 Å². The van der Waals surface area contributed by atoms with Gasteiger partial charge in [-0.25, -0.2) is 5.84 Å². The van der Waals surface area contributed by atoms with Crippen molar-refractivity contribution >= 4 is 5.91 Å². The van der Waals surface area contributed by atoms with E-state index in [1.807, 2.05) is 6.92 Å². The summed E-state index contributed by atoms with van der Waals surface area (Å²) in [6.07, 6.45) is 3.84. The van der Waals surface area contributed by atoms with Gasteiger partial charge in [-0.05, 0) is 45.8 Å². The first-order valence-electron chi connectivity index (χ1n) is 7.12. The van der Waals surface area contributed by atoms with Crippen LogP contribution < -0.4 is 11.3 Å². The zero-order chi connectivity index (χ0) is 13.1. The molecule has 5 heteroatoms. The molecule has 2 fully saturated rings. The lowest BCUT2D eigenvalue weighted by Gasteiger charge is -2.33. The molecular formula is C13H26N4O. The van der Waals surface area contributed by atoms with E-state index in [1.54, 1.807) is 0 Å². The van der Waals surface area contributed by atoms with E-state index in [1.165, 1.54) is 32.4 Å². The van der Waals surface area contributed by atoms with Crippen LogP contribution in [0.3, 0.4) is 0 Å². The topological polar surface area (TPSA) is 61.6 Å². The van der Waals surface area contributed by atoms with Gasteiger partial charge in [0.1, 0.15) is 0 Å². The number of hydrogen-bond acceptors (Lipinski definition) is 4. The zero-order valence-electron chi connectivity index (χ0n) is 11.6. The van der Waals surface area contributed by atoms with Gasteiger partial charge < -0.3 is 0 Å². The lowest BCUT2D eigenvalue weighted by Crippen LogP contribution is -2.48. The Hall–Kier alpha value is -0.650. The molecule has 2 saturated heterocycles. The summed E-state index contributed by atoms with van der Waals surface area (Å²) in [6, 6.07) is 0.956. The second-order valence-corrected chi connectivity index (χ2v) is 5.72. The number of rotatable bonds is 3. The molecule has 0 bridgehead atoms. The molecule has 0 radical (unpaired) electrons. The van der Waals surface area contributed by atoms with Crippen LogP contribution in [0.25, 0.3) is 0 Å². The summed E-state index contributed by atoms with van der Waals surface area (Å²) in [7, 11) is 0. The lowest BCUT2D eigenvalue weighted by molar-refractivity contribution is -0.126. The average Bonchev–Trinajstić information content (AvgIpc) is 2.73. The largest absolute Gasteiger partial charge is 0.299 e. The number of amides is 1. The second-order valence-electron chi connectivity index (χ2n) is 5.72. The van der Waals surface area contributed by atoms with Crippen LogP contribution in [-0.4, -0.2) is 54.0 Å². The molecule has 2 rings (SSSR count). The molecule has 3 atom stereocenters. The Bertz CT molecular complexity index is 297. The third-order valence-electron chi connectivity index (χ3n) is 4.69. The van der Waals surface area contributed by atoms with Gasteiger partial charge in [0.15, 0.2) is 0 Å². The summed E-state index contributed by atoms with van der Waals surface area (Å²) in [5.41, 5.74) is 2.27. The van der Waals surface area contributed by atoms with Gasteiger partial charge in [0, 0.05) is 18.6 Å². The fraction of sp³-hybridized carbons (Fsp3) is 0.923. The van der Waals surface area contributed by atoms with Gasteiger partial charge in [-0.3, -0.25) is 20.0 Å². The zero-order valence-corrected chi connectivity index (χ0v) is 11.6. The molecule has 18 heavy (non-hydrogen) atoms. The van der Waals surface area contributed by atoms with E-state index in [0.29, 0.717) is 6.04 Å². The van der Waals surface area contributed by atoms with Crippen molar-refractivity contribution in [1.29, 1.82) is 0 Å². The van der Waals surface area contributed by atoms with Crippen LogP contribution >= 0.6 is 0 Å². The maximum Gasteiger partial charge on any atom is 0.238 e. The minimum Gasteiger partial charge on any atom is -0.299 e. The number of fused-ring (bicyclic) bond motifs is 1. The van der Waals surface area contributed by atoms with Gasteiger partial charge in [-0.2, -0.15) is 0 Å². The number of nitrogens with one attached hydrogen (secondary N) is 1. The Morgan fingerprint density at radius 2 is 2.00 bits per heavy atom. The third kappa shape index (κ3) is 2.84. The molecule has 0 aromatic rings. The first-order chi connectivity index (χ1) is 8.63. The highest BCUT2D eigenvalue weighted by atomic mass is 16.2. The Balaban J connectivity index is 1.96. The van der Waals surface area contributed by atoms with E-state index in [2.05, 4.69) is 22.1 Å². The highest BCUT2D eigenvalue weighted by Crippen LogP contribution is 2.23. The van der Waals surface area contributed by atoms with E-state index >= 15 is 0 Å². The van der Waals surface area contributed by atoms with Crippen molar-refractivity contribution in [3.63, 3.8) is 0 Å². The molecule has 1 amide bonds. The van der Waals surface area contributed by atoms with Crippen LogP contribution in [-0.2, 0) is 4.79 Å². The van der Waals surface area contributed by atoms with Gasteiger partial charge in [-0.15, -0.1) is 0 Å². The van der Waals surface area contributed by atoms with Crippen LogP contribution in [0.15, 0.2) is 0 Å². The molecule has 0 saturated carbocycles. The SMILES string of the molecule is CC(C(=O)NN)C(C)N1CCCN2CCCC2C1. The molecule has 0 aromatic heterocycles. The fourth-order valence-corrected chi connectivity index (χ4v) is 3.27. The van der Waals surface area contributed by atoms with Gasteiger partial charge in [-0.1, -0.05) is 6.92 Å². The van der Waals surface area contributed by atoms with Crippen LogP contribution in [0.5, 0.6) is 0 Å². The van der Waals surface area contributed by atoms with E-state index in [0.717, 1.165) is 13.1 Å². The number of carbonyl (C=O) groups is 1. The molecule has 0 aromatic carbocycles. The summed E-state index contributed by atoms with van der Waals surface area (Å²) in [4.78, 5) is 16.7. The third-order valence-corrected chi connectivity index (χ3v) is 4.69. The quantitative estimate of drug-likeness (QED) is 0.428. The molecule has 3 N–H and O–H groups in total. The average molecular weight is 254 g/mol. The van der Waals surface area contributed by atoms with Crippen molar-refractivity contribution < 1.29 is 4.79 Å². The van der Waals surface area contributed by atoms with Crippen LogP contribution in [0, 0.1) is 5.92 Å². The van der Waals surface area contributed by atoms with Gasteiger partial charge >= 0.3 is 0 Å². The van der Waals surface area contributed by atoms with Gasteiger partial charge in [0.05, 0.1) is 5.92 Å². The first-order valence-corrected chi connectivity index (χ1v) is 7.12. The Morgan fingerprint density at radius 1 is 1.28 bits per heavy atom. The normalized spacial score (nSPS) is 29.4. The summed E-state index contributed by atoms with van der Waals surface area (Å²) >= 11 is 0. The molecule has 0 spiro atoms. The van der Waals surface area contributed by atoms with Gasteiger partial charge in [0.2, 0.25) is 5.91 Å². The summed E-state index contributed by atoms with van der Waals surface area (Å²) in [6.45, 7) is 8.77. The van der Waals surface area contributed by atoms with E-state index in [4.69, 9.17) is 5.84 Å². The number of carbonyl (C=O) groups excluding carboxylic acids is 1. The standard InChI is InChI=1S/C13H26N4O/c1-10(13(18)15-14)11(2)17-8-4-7-16-6-3-5-12(16)9-17/h10-12H,3-9,14H2,1-2H3,(H,15,18). The van der Waals surface area contributed by atoms with Crippen LogP contribution in [0.4, 0.5) is 0 Å². The predicted octanol–water partition coefficient (Wildman–Crippen LogP) is 0.171. The van der Waals surface area contributed by atoms with Crippen molar-refractivity contribution in [1.82, 2.24) is 15.2 Å². The number of nitrogens with two attached hydrogens (primary N) is 1. The fourth-order valence-electron chi connectivity index (χ4n) is 3.27. The van der Waals surface area contributed by atoms with E-state index < -0.39 is 0 Å². The molecule has 2 heterocycles. The molecule has 2 aliphatic heterocycles. The van der Waals surface area contributed by atoms with Gasteiger partial charge in [0.25, 0.3) is 0 Å². The van der Waals surface area contributed by atoms with E-state index in [-0.39, 0.29) is 17.9 Å². The summed E-state index contributed by atoms with van der Waals surface area (Å²) < 4.78 is 0. The number of hydrazine groups is 1. The predicted molar refractivity (Wildman–Crippen MR) is 71.7 cm³/mol. The molecule has 104 valence electrons. The maximum absolute atomic E-state index is 11.6. The number of nitrogens with zero attached hydrogens (tertiary/aromatic N) is 2. The van der Waals surface area contributed by atoms with Crippen molar-refractivity contribution in [3.8, 4) is 0 Å². The highest BCUT2D eigenvalue weighted by molar-refractivity contribution is 5.78. The first kappa shape index (κ1) is 13.8. The Kier molecular flexibility index (Phi) is 4.59. The molecule has 2 aliphatic rings.